The lowest BCUT2D eigenvalue weighted by Crippen LogP contribution is -2.10. The van der Waals surface area contributed by atoms with E-state index in [9.17, 15) is 0 Å². The highest BCUT2D eigenvalue weighted by Gasteiger charge is 2.16. The van der Waals surface area contributed by atoms with Gasteiger partial charge in [-0.25, -0.2) is 4.98 Å². The number of oxazole rings is 1. The summed E-state index contributed by atoms with van der Waals surface area (Å²) in [5.74, 6) is 0.618. The van der Waals surface area contributed by atoms with Crippen molar-refractivity contribution in [2.45, 2.75) is 0 Å². The quantitative estimate of drug-likeness (QED) is 0.190. The van der Waals surface area contributed by atoms with Crippen LogP contribution in [0.4, 0.5) is 17.1 Å². The molecule has 4 nitrogen and oxygen atoms in total. The van der Waals surface area contributed by atoms with Crippen LogP contribution in [-0.4, -0.2) is 9.55 Å². The minimum atomic E-state index is 0.618. The molecular weight excluding hydrogens is 574 g/mol. The van der Waals surface area contributed by atoms with Crippen LogP contribution < -0.4 is 4.90 Å². The fourth-order valence-corrected chi connectivity index (χ4v) is 6.58. The van der Waals surface area contributed by atoms with Crippen LogP contribution in [0, 0.1) is 0 Å². The molecule has 0 aliphatic rings. The molecule has 0 radical (unpaired) electrons. The summed E-state index contributed by atoms with van der Waals surface area (Å²) in [6.07, 6.45) is 0. The standard InChI is InChI=1S/C43H29N3O/c1-2-10-30(11-3-1)31-18-22-33(23-19-31)45(34-24-20-32(21-25-34)43-44-39-14-6-9-17-42(39)47-43)35-26-28-36(29-27-35)46-40-15-7-4-12-37(40)38-13-5-8-16-41(38)46/h1-29H. The van der Waals surface area contributed by atoms with Gasteiger partial charge in [-0.15, -0.1) is 0 Å². The van der Waals surface area contributed by atoms with E-state index in [1.54, 1.807) is 0 Å². The van der Waals surface area contributed by atoms with Crippen LogP contribution in [0.3, 0.4) is 0 Å². The van der Waals surface area contributed by atoms with E-state index in [-0.39, 0.29) is 0 Å². The van der Waals surface area contributed by atoms with Crippen LogP contribution in [-0.2, 0) is 0 Å². The lowest BCUT2D eigenvalue weighted by molar-refractivity contribution is 0.620. The topological polar surface area (TPSA) is 34.2 Å². The van der Waals surface area contributed by atoms with Crippen molar-refractivity contribution in [1.29, 1.82) is 0 Å². The van der Waals surface area contributed by atoms with Gasteiger partial charge in [0.2, 0.25) is 5.89 Å². The molecule has 7 aromatic carbocycles. The number of benzene rings is 7. The predicted octanol–water partition coefficient (Wildman–Crippen LogP) is 11.7. The normalized spacial score (nSPS) is 11.4. The summed E-state index contributed by atoms with van der Waals surface area (Å²) in [5.41, 5.74) is 11.7. The summed E-state index contributed by atoms with van der Waals surface area (Å²) >= 11 is 0. The zero-order valence-corrected chi connectivity index (χ0v) is 25.5. The Balaban J connectivity index is 1.13. The number of nitrogens with zero attached hydrogens (tertiary/aromatic N) is 3. The van der Waals surface area contributed by atoms with Gasteiger partial charge in [-0.2, -0.15) is 0 Å². The summed E-state index contributed by atoms with van der Waals surface area (Å²) < 4.78 is 8.41. The highest BCUT2D eigenvalue weighted by atomic mass is 16.3. The van der Waals surface area contributed by atoms with E-state index < -0.39 is 0 Å². The van der Waals surface area contributed by atoms with E-state index in [0.29, 0.717) is 5.89 Å². The maximum absolute atomic E-state index is 6.06. The summed E-state index contributed by atoms with van der Waals surface area (Å²) in [4.78, 5) is 7.00. The Morgan fingerprint density at radius 3 is 1.53 bits per heavy atom. The van der Waals surface area contributed by atoms with Crippen LogP contribution in [0.5, 0.6) is 0 Å². The van der Waals surface area contributed by atoms with Crippen molar-refractivity contribution in [2.24, 2.45) is 0 Å². The van der Waals surface area contributed by atoms with Gasteiger partial charge in [0.1, 0.15) is 5.52 Å². The van der Waals surface area contributed by atoms with E-state index in [1.165, 1.54) is 32.9 Å². The van der Waals surface area contributed by atoms with E-state index >= 15 is 0 Å². The third-order valence-corrected chi connectivity index (χ3v) is 8.85. The Morgan fingerprint density at radius 1 is 0.426 bits per heavy atom. The molecule has 47 heavy (non-hydrogen) atoms. The molecule has 2 heterocycles. The van der Waals surface area contributed by atoms with Gasteiger partial charge in [0.25, 0.3) is 0 Å². The Kier molecular flexibility index (Phi) is 6.43. The molecular formula is C43H29N3O. The minimum absolute atomic E-state index is 0.618. The fraction of sp³-hybridized carbons (Fsp3) is 0. The number of aromatic nitrogens is 2. The molecule has 0 N–H and O–H groups in total. The molecule has 0 bridgehead atoms. The lowest BCUT2D eigenvalue weighted by Gasteiger charge is -2.26. The van der Waals surface area contributed by atoms with E-state index in [2.05, 4.69) is 155 Å². The Hall–Kier alpha value is -6.39. The number of anilines is 3. The van der Waals surface area contributed by atoms with Crippen molar-refractivity contribution in [3.8, 4) is 28.3 Å². The number of hydrogen-bond donors (Lipinski definition) is 0. The van der Waals surface area contributed by atoms with Crippen LogP contribution in [0.25, 0.3) is 61.2 Å². The molecule has 0 amide bonds. The van der Waals surface area contributed by atoms with Crippen molar-refractivity contribution in [1.82, 2.24) is 9.55 Å². The van der Waals surface area contributed by atoms with Gasteiger partial charge in [0.05, 0.1) is 11.0 Å². The van der Waals surface area contributed by atoms with Crippen LogP contribution in [0.1, 0.15) is 0 Å². The first-order valence-electron chi connectivity index (χ1n) is 15.8. The van der Waals surface area contributed by atoms with Crippen LogP contribution in [0.15, 0.2) is 180 Å². The first kappa shape index (κ1) is 27.0. The largest absolute Gasteiger partial charge is 0.436 e. The molecule has 0 fully saturated rings. The molecule has 0 spiro atoms. The van der Waals surface area contributed by atoms with Gasteiger partial charge in [-0.3, -0.25) is 0 Å². The molecule has 9 rings (SSSR count). The van der Waals surface area contributed by atoms with Gasteiger partial charge in [0.15, 0.2) is 5.58 Å². The minimum Gasteiger partial charge on any atom is -0.436 e. The Labute approximate surface area is 272 Å². The summed E-state index contributed by atoms with van der Waals surface area (Å²) in [5, 5.41) is 2.51. The van der Waals surface area contributed by atoms with Crippen LogP contribution in [0.2, 0.25) is 0 Å². The summed E-state index contributed by atoms with van der Waals surface area (Å²) in [6, 6.07) is 61.6. The van der Waals surface area contributed by atoms with Crippen molar-refractivity contribution in [2.75, 3.05) is 4.90 Å². The van der Waals surface area contributed by atoms with Gasteiger partial charge in [-0.1, -0.05) is 91.0 Å². The second kappa shape index (κ2) is 11.2. The first-order valence-corrected chi connectivity index (χ1v) is 15.8. The molecule has 0 unspecified atom stereocenters. The molecule has 4 heteroatoms. The molecule has 0 aliphatic carbocycles. The lowest BCUT2D eigenvalue weighted by atomic mass is 10.0. The number of para-hydroxylation sites is 4. The van der Waals surface area contributed by atoms with Crippen molar-refractivity contribution >= 4 is 50.0 Å². The third kappa shape index (κ3) is 4.75. The van der Waals surface area contributed by atoms with E-state index in [0.717, 1.165) is 39.4 Å². The Bertz CT molecular complexity index is 2410. The maximum atomic E-state index is 6.06. The van der Waals surface area contributed by atoms with Crippen molar-refractivity contribution in [3.63, 3.8) is 0 Å². The molecule has 0 saturated carbocycles. The molecule has 0 aliphatic heterocycles. The Morgan fingerprint density at radius 2 is 0.915 bits per heavy atom. The molecule has 0 saturated heterocycles. The predicted molar refractivity (Wildman–Crippen MR) is 194 cm³/mol. The number of fused-ring (bicyclic) bond motifs is 4. The molecule has 222 valence electrons. The highest BCUT2D eigenvalue weighted by Crippen LogP contribution is 2.38. The highest BCUT2D eigenvalue weighted by molar-refractivity contribution is 6.09. The number of hydrogen-bond acceptors (Lipinski definition) is 3. The van der Waals surface area contributed by atoms with E-state index in [4.69, 9.17) is 9.40 Å². The third-order valence-electron chi connectivity index (χ3n) is 8.85. The molecule has 0 atom stereocenters. The van der Waals surface area contributed by atoms with Crippen molar-refractivity contribution < 1.29 is 4.42 Å². The molecule has 2 aromatic heterocycles. The summed E-state index contributed by atoms with van der Waals surface area (Å²) in [7, 11) is 0. The zero-order valence-electron chi connectivity index (χ0n) is 25.5. The smallest absolute Gasteiger partial charge is 0.227 e. The second-order valence-corrected chi connectivity index (χ2v) is 11.7. The average Bonchev–Trinajstić information content (AvgIpc) is 3.73. The van der Waals surface area contributed by atoms with Crippen molar-refractivity contribution in [3.05, 3.63) is 176 Å². The number of rotatable bonds is 6. The molecule has 9 aromatic rings. The summed E-state index contributed by atoms with van der Waals surface area (Å²) in [6.45, 7) is 0. The second-order valence-electron chi connectivity index (χ2n) is 11.7. The fourth-order valence-electron chi connectivity index (χ4n) is 6.58. The van der Waals surface area contributed by atoms with E-state index in [1.807, 2.05) is 30.3 Å². The van der Waals surface area contributed by atoms with Gasteiger partial charge in [0, 0.05) is 39.1 Å². The maximum Gasteiger partial charge on any atom is 0.227 e. The first-order chi connectivity index (χ1) is 23.3. The van der Waals surface area contributed by atoms with Gasteiger partial charge < -0.3 is 13.9 Å². The SMILES string of the molecule is c1ccc(-c2ccc(N(c3ccc(-c4nc5ccccc5o4)cc3)c3ccc(-n4c5ccccc5c5ccccc54)cc3)cc2)cc1. The monoisotopic (exact) mass is 603 g/mol. The van der Waals surface area contributed by atoms with Gasteiger partial charge >= 0.3 is 0 Å². The van der Waals surface area contributed by atoms with Gasteiger partial charge in [-0.05, 0) is 96.1 Å². The average molecular weight is 604 g/mol. The zero-order chi connectivity index (χ0) is 31.2. The van der Waals surface area contributed by atoms with Crippen LogP contribution >= 0.6 is 0 Å².